The Morgan fingerprint density at radius 2 is 2.00 bits per heavy atom. The molecular weight excluding hydrogens is 298 g/mol. The topological polar surface area (TPSA) is 62.3 Å². The van der Waals surface area contributed by atoms with Crippen LogP contribution in [0.2, 0.25) is 5.02 Å². The summed E-state index contributed by atoms with van der Waals surface area (Å²) < 4.78 is 26.5. The van der Waals surface area contributed by atoms with Crippen molar-refractivity contribution in [1.82, 2.24) is 9.29 Å². The lowest BCUT2D eigenvalue weighted by Gasteiger charge is -2.33. The van der Waals surface area contributed by atoms with Crippen molar-refractivity contribution in [2.45, 2.75) is 44.6 Å². The molecule has 1 aromatic rings. The van der Waals surface area contributed by atoms with Crippen LogP contribution in [0.4, 0.5) is 5.82 Å². The fourth-order valence-electron chi connectivity index (χ4n) is 1.57. The van der Waals surface area contributed by atoms with Crippen molar-refractivity contribution in [2.24, 2.45) is 0 Å². The summed E-state index contributed by atoms with van der Waals surface area (Å²) in [6, 6.07) is 1.43. The van der Waals surface area contributed by atoms with Crippen LogP contribution < -0.4 is 5.32 Å². The summed E-state index contributed by atoms with van der Waals surface area (Å²) in [6.07, 6.45) is 2.04. The Hall–Kier alpha value is -0.850. The Morgan fingerprint density at radius 3 is 2.45 bits per heavy atom. The van der Waals surface area contributed by atoms with Crippen molar-refractivity contribution in [3.8, 4) is 0 Å². The van der Waals surface area contributed by atoms with Crippen molar-refractivity contribution in [3.63, 3.8) is 0 Å². The SMILES string of the molecule is CCNc1ncc(S(=O)(=O)N(C)C(C)(C)CC)cc1Cl. The monoisotopic (exact) mass is 319 g/mol. The number of pyridine rings is 1. The van der Waals surface area contributed by atoms with Crippen LogP contribution in [0.3, 0.4) is 0 Å². The Bertz CT molecular complexity index is 573. The first kappa shape index (κ1) is 17.2. The lowest BCUT2D eigenvalue weighted by Crippen LogP contribution is -2.44. The van der Waals surface area contributed by atoms with E-state index in [0.29, 0.717) is 23.8 Å². The molecule has 1 N–H and O–H groups in total. The Labute approximate surface area is 126 Å². The van der Waals surface area contributed by atoms with Crippen LogP contribution in [0.5, 0.6) is 0 Å². The van der Waals surface area contributed by atoms with E-state index in [-0.39, 0.29) is 4.90 Å². The molecule has 0 saturated carbocycles. The van der Waals surface area contributed by atoms with Gasteiger partial charge in [0.25, 0.3) is 0 Å². The van der Waals surface area contributed by atoms with Gasteiger partial charge in [-0.25, -0.2) is 13.4 Å². The summed E-state index contributed by atoms with van der Waals surface area (Å²) in [6.45, 7) is 8.30. The molecule has 0 aliphatic carbocycles. The second-order valence-corrected chi connectivity index (χ2v) is 7.55. The lowest BCUT2D eigenvalue weighted by molar-refractivity contribution is 0.257. The average Bonchev–Trinajstić information content (AvgIpc) is 2.40. The number of rotatable bonds is 6. The van der Waals surface area contributed by atoms with Gasteiger partial charge in [0.2, 0.25) is 10.0 Å². The largest absolute Gasteiger partial charge is 0.369 e. The van der Waals surface area contributed by atoms with Gasteiger partial charge in [-0.05, 0) is 33.3 Å². The van der Waals surface area contributed by atoms with Crippen molar-refractivity contribution in [2.75, 3.05) is 18.9 Å². The fourth-order valence-corrected chi connectivity index (χ4v) is 3.41. The number of nitrogens with zero attached hydrogens (tertiary/aromatic N) is 2. The van der Waals surface area contributed by atoms with E-state index in [9.17, 15) is 8.42 Å². The quantitative estimate of drug-likeness (QED) is 0.875. The van der Waals surface area contributed by atoms with Crippen LogP contribution in [0.25, 0.3) is 0 Å². The van der Waals surface area contributed by atoms with Crippen molar-refractivity contribution < 1.29 is 8.42 Å². The predicted molar refractivity (Wildman–Crippen MR) is 82.7 cm³/mol. The number of hydrogen-bond donors (Lipinski definition) is 1. The third kappa shape index (κ3) is 3.42. The van der Waals surface area contributed by atoms with E-state index in [2.05, 4.69) is 10.3 Å². The van der Waals surface area contributed by atoms with Gasteiger partial charge < -0.3 is 5.32 Å². The minimum absolute atomic E-state index is 0.105. The number of aromatic nitrogens is 1. The molecule has 0 aliphatic rings. The first-order chi connectivity index (χ1) is 9.16. The summed E-state index contributed by atoms with van der Waals surface area (Å²) in [5.41, 5.74) is -0.467. The third-order valence-corrected chi connectivity index (χ3v) is 5.86. The molecule has 1 aromatic heterocycles. The van der Waals surface area contributed by atoms with Gasteiger partial charge in [-0.3, -0.25) is 0 Å². The van der Waals surface area contributed by atoms with E-state index in [4.69, 9.17) is 11.6 Å². The van der Waals surface area contributed by atoms with E-state index in [1.54, 1.807) is 7.05 Å². The zero-order valence-electron chi connectivity index (χ0n) is 12.6. The highest BCUT2D eigenvalue weighted by Crippen LogP contribution is 2.28. The number of nitrogens with one attached hydrogen (secondary N) is 1. The van der Waals surface area contributed by atoms with E-state index in [0.717, 1.165) is 0 Å². The Balaban J connectivity index is 3.20. The second kappa shape index (κ2) is 6.28. The van der Waals surface area contributed by atoms with Gasteiger partial charge in [0.05, 0.1) is 5.02 Å². The molecule has 0 bridgehead atoms. The molecule has 0 saturated heterocycles. The zero-order valence-corrected chi connectivity index (χ0v) is 14.1. The first-order valence-electron chi connectivity index (χ1n) is 6.55. The molecule has 0 amide bonds. The van der Waals surface area contributed by atoms with Crippen LogP contribution >= 0.6 is 11.6 Å². The minimum atomic E-state index is -3.60. The number of hydrogen-bond acceptors (Lipinski definition) is 4. The maximum atomic E-state index is 12.6. The van der Waals surface area contributed by atoms with E-state index in [1.807, 2.05) is 27.7 Å². The molecule has 0 unspecified atom stereocenters. The second-order valence-electron chi connectivity index (χ2n) is 5.17. The number of halogens is 1. The van der Waals surface area contributed by atoms with Crippen LogP contribution in [0, 0.1) is 0 Å². The molecule has 114 valence electrons. The molecule has 1 rings (SSSR count). The predicted octanol–water partition coefficient (Wildman–Crippen LogP) is 2.98. The summed E-state index contributed by atoms with van der Waals surface area (Å²) in [4.78, 5) is 4.18. The van der Waals surface area contributed by atoms with Crippen LogP contribution in [-0.2, 0) is 10.0 Å². The molecule has 0 aliphatic heterocycles. The molecule has 0 spiro atoms. The van der Waals surface area contributed by atoms with E-state index >= 15 is 0 Å². The molecule has 0 aromatic carbocycles. The minimum Gasteiger partial charge on any atom is -0.369 e. The Kier molecular flexibility index (Phi) is 5.40. The van der Waals surface area contributed by atoms with Gasteiger partial charge in [-0.1, -0.05) is 18.5 Å². The van der Waals surface area contributed by atoms with Gasteiger partial charge in [0.15, 0.2) is 0 Å². The molecule has 0 radical (unpaired) electrons. The maximum absolute atomic E-state index is 12.6. The Morgan fingerprint density at radius 1 is 1.40 bits per heavy atom. The van der Waals surface area contributed by atoms with Crippen molar-refractivity contribution >= 4 is 27.4 Å². The van der Waals surface area contributed by atoms with E-state index < -0.39 is 15.6 Å². The van der Waals surface area contributed by atoms with Crippen LogP contribution in [0.1, 0.15) is 34.1 Å². The normalized spacial score (nSPS) is 12.8. The van der Waals surface area contributed by atoms with Gasteiger partial charge in [-0.2, -0.15) is 4.31 Å². The molecule has 5 nitrogen and oxygen atoms in total. The van der Waals surface area contributed by atoms with Crippen molar-refractivity contribution in [3.05, 3.63) is 17.3 Å². The first-order valence-corrected chi connectivity index (χ1v) is 8.37. The standard InChI is InChI=1S/C13H22ClN3O2S/c1-6-13(3,4)17(5)20(18,19)10-8-11(14)12(15-7-2)16-9-10/h8-9H,6-7H2,1-5H3,(H,15,16). The number of sulfonamides is 1. The summed E-state index contributed by atoms with van der Waals surface area (Å²) in [5, 5.41) is 3.28. The zero-order chi connectivity index (χ0) is 15.6. The smallest absolute Gasteiger partial charge is 0.244 e. The van der Waals surface area contributed by atoms with E-state index in [1.165, 1.54) is 16.6 Å². The van der Waals surface area contributed by atoms with Gasteiger partial charge in [-0.15, -0.1) is 0 Å². The molecule has 1 heterocycles. The third-order valence-electron chi connectivity index (χ3n) is 3.54. The molecule has 0 fully saturated rings. The maximum Gasteiger partial charge on any atom is 0.244 e. The van der Waals surface area contributed by atoms with Gasteiger partial charge in [0.1, 0.15) is 10.7 Å². The highest BCUT2D eigenvalue weighted by atomic mass is 35.5. The fraction of sp³-hybridized carbons (Fsp3) is 0.615. The van der Waals surface area contributed by atoms with Crippen molar-refractivity contribution in [1.29, 1.82) is 0 Å². The summed E-state index contributed by atoms with van der Waals surface area (Å²) >= 11 is 6.06. The highest BCUT2D eigenvalue weighted by molar-refractivity contribution is 7.89. The highest BCUT2D eigenvalue weighted by Gasteiger charge is 2.33. The van der Waals surface area contributed by atoms with Crippen LogP contribution in [0.15, 0.2) is 17.2 Å². The average molecular weight is 320 g/mol. The summed E-state index contributed by atoms with van der Waals surface area (Å²) in [7, 11) is -2.03. The van der Waals surface area contributed by atoms with Gasteiger partial charge >= 0.3 is 0 Å². The molecule has 0 atom stereocenters. The van der Waals surface area contributed by atoms with Gasteiger partial charge in [0, 0.05) is 25.3 Å². The lowest BCUT2D eigenvalue weighted by atomic mass is 10.0. The number of anilines is 1. The molecular formula is C13H22ClN3O2S. The summed E-state index contributed by atoms with van der Waals surface area (Å²) in [5.74, 6) is 0.491. The van der Waals surface area contributed by atoms with Crippen LogP contribution in [-0.4, -0.2) is 36.8 Å². The molecule has 20 heavy (non-hydrogen) atoms. The molecule has 7 heteroatoms.